The van der Waals surface area contributed by atoms with Crippen molar-refractivity contribution >= 4 is 23.3 Å². The van der Waals surface area contributed by atoms with Crippen molar-refractivity contribution in [3.05, 3.63) is 40.3 Å². The lowest BCUT2D eigenvalue weighted by Crippen LogP contribution is -2.43. The van der Waals surface area contributed by atoms with Gasteiger partial charge in [0.15, 0.2) is 0 Å². The Morgan fingerprint density at radius 1 is 1.38 bits per heavy atom. The van der Waals surface area contributed by atoms with E-state index in [-0.39, 0.29) is 5.97 Å². The fourth-order valence-electron chi connectivity index (χ4n) is 3.09. The molecule has 0 spiro atoms. The Balaban J connectivity index is 1.57. The number of piperidine rings is 1. The first-order valence-corrected chi connectivity index (χ1v) is 8.94. The molecule has 7 heteroatoms. The summed E-state index contributed by atoms with van der Waals surface area (Å²) in [6.07, 6.45) is 5.69. The number of hydrogen-bond acceptors (Lipinski definition) is 7. The summed E-state index contributed by atoms with van der Waals surface area (Å²) in [7, 11) is 3.55. The minimum Gasteiger partial charge on any atom is -0.465 e. The van der Waals surface area contributed by atoms with Crippen LogP contribution < -0.4 is 4.90 Å². The summed E-state index contributed by atoms with van der Waals surface area (Å²) in [4.78, 5) is 25.7. The van der Waals surface area contributed by atoms with Gasteiger partial charge in [0, 0.05) is 38.1 Å². The number of rotatable bonds is 5. The molecule has 2 aromatic heterocycles. The molecule has 0 amide bonds. The highest BCUT2D eigenvalue weighted by molar-refractivity contribution is 7.12. The van der Waals surface area contributed by atoms with Crippen LogP contribution in [0.3, 0.4) is 0 Å². The zero-order chi connectivity index (χ0) is 16.9. The van der Waals surface area contributed by atoms with Crippen LogP contribution in [0.25, 0.3) is 0 Å². The van der Waals surface area contributed by atoms with Gasteiger partial charge in [-0.25, -0.2) is 14.8 Å². The van der Waals surface area contributed by atoms with Gasteiger partial charge in [-0.3, -0.25) is 4.90 Å². The molecule has 0 aliphatic carbocycles. The molecule has 0 atom stereocenters. The molecule has 3 rings (SSSR count). The zero-order valence-corrected chi connectivity index (χ0v) is 14.8. The standard InChI is InChI=1S/C17H22N4O2S/c1-20(12-13-6-11-24-15(13)16(22)23-2)14-4-9-21(10-5-14)17-18-7-3-8-19-17/h3,6-8,11,14H,4-5,9-10,12H2,1-2H3. The number of aromatic nitrogens is 2. The van der Waals surface area contributed by atoms with E-state index in [4.69, 9.17) is 4.74 Å². The third kappa shape index (κ3) is 3.73. The molecule has 1 aliphatic rings. The zero-order valence-electron chi connectivity index (χ0n) is 14.0. The van der Waals surface area contributed by atoms with E-state index in [2.05, 4.69) is 26.8 Å². The van der Waals surface area contributed by atoms with Gasteiger partial charge in [-0.05, 0) is 43.0 Å². The molecule has 24 heavy (non-hydrogen) atoms. The van der Waals surface area contributed by atoms with Crippen molar-refractivity contribution in [3.8, 4) is 0 Å². The second kappa shape index (κ2) is 7.72. The molecule has 1 saturated heterocycles. The maximum absolute atomic E-state index is 11.8. The number of methoxy groups -OCH3 is 1. The van der Waals surface area contributed by atoms with Crippen LogP contribution in [0.5, 0.6) is 0 Å². The molecule has 0 bridgehead atoms. The number of hydrogen-bond donors (Lipinski definition) is 0. The molecule has 1 aliphatic heterocycles. The molecule has 0 unspecified atom stereocenters. The van der Waals surface area contributed by atoms with Crippen molar-refractivity contribution in [2.45, 2.75) is 25.4 Å². The first kappa shape index (κ1) is 16.9. The predicted octanol–water partition coefficient (Wildman–Crippen LogP) is 2.43. The number of carbonyl (C=O) groups excluding carboxylic acids is 1. The minimum absolute atomic E-state index is 0.246. The lowest BCUT2D eigenvalue weighted by Gasteiger charge is -2.36. The van der Waals surface area contributed by atoms with Gasteiger partial charge >= 0.3 is 5.97 Å². The highest BCUT2D eigenvalue weighted by Crippen LogP contribution is 2.23. The average molecular weight is 346 g/mol. The lowest BCUT2D eigenvalue weighted by molar-refractivity contribution is 0.0603. The lowest BCUT2D eigenvalue weighted by atomic mass is 10.0. The highest BCUT2D eigenvalue weighted by atomic mass is 32.1. The quantitative estimate of drug-likeness (QED) is 0.775. The Morgan fingerprint density at radius 3 is 2.75 bits per heavy atom. The van der Waals surface area contributed by atoms with Crippen LogP contribution in [0.4, 0.5) is 5.95 Å². The van der Waals surface area contributed by atoms with Crippen LogP contribution in [0, 0.1) is 0 Å². The third-order valence-electron chi connectivity index (χ3n) is 4.46. The summed E-state index contributed by atoms with van der Waals surface area (Å²) in [5, 5.41) is 1.95. The molecule has 0 aromatic carbocycles. The highest BCUT2D eigenvalue weighted by Gasteiger charge is 2.25. The van der Waals surface area contributed by atoms with Crippen LogP contribution in [-0.2, 0) is 11.3 Å². The number of nitrogens with zero attached hydrogens (tertiary/aromatic N) is 4. The van der Waals surface area contributed by atoms with Crippen molar-refractivity contribution in [1.29, 1.82) is 0 Å². The molecular formula is C17H22N4O2S. The van der Waals surface area contributed by atoms with Crippen LogP contribution in [0.2, 0.25) is 0 Å². The van der Waals surface area contributed by atoms with Crippen molar-refractivity contribution in [2.24, 2.45) is 0 Å². The van der Waals surface area contributed by atoms with Gasteiger partial charge in [-0.15, -0.1) is 11.3 Å². The smallest absolute Gasteiger partial charge is 0.348 e. The summed E-state index contributed by atoms with van der Waals surface area (Å²) in [5.74, 6) is 0.564. The second-order valence-electron chi connectivity index (χ2n) is 5.95. The van der Waals surface area contributed by atoms with Crippen LogP contribution in [0.15, 0.2) is 29.9 Å². The van der Waals surface area contributed by atoms with Gasteiger partial charge in [0.2, 0.25) is 5.95 Å². The Bertz CT molecular complexity index is 668. The molecule has 0 saturated carbocycles. The molecular weight excluding hydrogens is 324 g/mol. The summed E-state index contributed by atoms with van der Waals surface area (Å²) >= 11 is 1.44. The predicted molar refractivity (Wildman–Crippen MR) is 94.4 cm³/mol. The van der Waals surface area contributed by atoms with Gasteiger partial charge in [0.1, 0.15) is 4.88 Å². The molecule has 0 N–H and O–H groups in total. The first-order chi connectivity index (χ1) is 11.7. The van der Waals surface area contributed by atoms with Gasteiger partial charge in [-0.1, -0.05) is 0 Å². The van der Waals surface area contributed by atoms with E-state index >= 15 is 0 Å². The second-order valence-corrected chi connectivity index (χ2v) is 6.86. The van der Waals surface area contributed by atoms with Gasteiger partial charge in [0.25, 0.3) is 0 Å². The number of esters is 1. The van der Waals surface area contributed by atoms with Crippen molar-refractivity contribution in [3.63, 3.8) is 0 Å². The monoisotopic (exact) mass is 346 g/mol. The molecule has 1 fully saturated rings. The van der Waals surface area contributed by atoms with Crippen LogP contribution in [-0.4, -0.2) is 54.1 Å². The fourth-order valence-corrected chi connectivity index (χ4v) is 3.92. The largest absolute Gasteiger partial charge is 0.465 e. The summed E-state index contributed by atoms with van der Waals surface area (Å²) < 4.78 is 4.86. The Morgan fingerprint density at radius 2 is 2.08 bits per heavy atom. The Kier molecular flexibility index (Phi) is 5.42. The molecule has 0 radical (unpaired) electrons. The van der Waals surface area contributed by atoms with E-state index in [0.717, 1.165) is 44.0 Å². The van der Waals surface area contributed by atoms with Gasteiger partial charge in [0.05, 0.1) is 7.11 Å². The van der Waals surface area contributed by atoms with E-state index in [1.165, 1.54) is 18.4 Å². The van der Waals surface area contributed by atoms with Crippen LogP contribution >= 0.6 is 11.3 Å². The average Bonchev–Trinajstić information content (AvgIpc) is 3.10. The Hall–Kier alpha value is -1.99. The van der Waals surface area contributed by atoms with Crippen molar-refractivity contribution < 1.29 is 9.53 Å². The van der Waals surface area contributed by atoms with Crippen molar-refractivity contribution in [1.82, 2.24) is 14.9 Å². The normalized spacial score (nSPS) is 15.7. The van der Waals surface area contributed by atoms with Gasteiger partial charge in [-0.2, -0.15) is 0 Å². The van der Waals surface area contributed by atoms with E-state index in [0.29, 0.717) is 10.9 Å². The molecule has 128 valence electrons. The number of carbonyl (C=O) groups is 1. The fraction of sp³-hybridized carbons (Fsp3) is 0.471. The molecule has 6 nitrogen and oxygen atoms in total. The molecule has 3 heterocycles. The molecule has 2 aromatic rings. The summed E-state index contributed by atoms with van der Waals surface area (Å²) in [6.45, 7) is 2.67. The first-order valence-electron chi connectivity index (χ1n) is 8.06. The van der Waals surface area contributed by atoms with E-state index in [1.54, 1.807) is 12.4 Å². The van der Waals surface area contributed by atoms with E-state index < -0.39 is 0 Å². The minimum atomic E-state index is -0.246. The van der Waals surface area contributed by atoms with Crippen LogP contribution in [0.1, 0.15) is 28.1 Å². The summed E-state index contributed by atoms with van der Waals surface area (Å²) in [5.41, 5.74) is 1.04. The van der Waals surface area contributed by atoms with E-state index in [9.17, 15) is 4.79 Å². The van der Waals surface area contributed by atoms with Gasteiger partial charge < -0.3 is 9.64 Å². The third-order valence-corrected chi connectivity index (χ3v) is 5.40. The van der Waals surface area contributed by atoms with E-state index in [1.807, 2.05) is 17.5 Å². The topological polar surface area (TPSA) is 58.6 Å². The SMILES string of the molecule is COC(=O)c1sccc1CN(C)C1CCN(c2ncccn2)CC1. The summed E-state index contributed by atoms with van der Waals surface area (Å²) in [6, 6.07) is 4.35. The van der Waals surface area contributed by atoms with Crippen molar-refractivity contribution in [2.75, 3.05) is 32.1 Å². The number of thiophene rings is 1. The maximum atomic E-state index is 11.8. The number of ether oxygens (including phenoxy) is 1. The maximum Gasteiger partial charge on any atom is 0.348 e. The Labute approximate surface area is 146 Å². The number of anilines is 1.